The fourth-order valence-electron chi connectivity index (χ4n) is 2.70. The first kappa shape index (κ1) is 14.6. The lowest BCUT2D eigenvalue weighted by Crippen LogP contribution is -2.28. The van der Waals surface area contributed by atoms with Crippen molar-refractivity contribution in [3.05, 3.63) is 66.4 Å². The van der Waals surface area contributed by atoms with E-state index < -0.39 is 5.41 Å². The van der Waals surface area contributed by atoms with E-state index in [-0.39, 0.29) is 11.7 Å². The SMILES string of the molecule is O=C(Nc1ccncc1)C1(c2cc(-c3ccccc3F)on2)CC1. The molecule has 0 spiro atoms. The van der Waals surface area contributed by atoms with Crippen LogP contribution in [-0.2, 0) is 10.2 Å². The second kappa shape index (κ2) is 5.56. The van der Waals surface area contributed by atoms with Crippen molar-refractivity contribution in [2.75, 3.05) is 5.32 Å². The van der Waals surface area contributed by atoms with Gasteiger partial charge in [-0.05, 0) is 37.1 Å². The Morgan fingerprint density at radius 3 is 2.62 bits per heavy atom. The molecule has 120 valence electrons. The Labute approximate surface area is 137 Å². The molecule has 0 saturated heterocycles. The highest BCUT2D eigenvalue weighted by Crippen LogP contribution is 2.49. The van der Waals surface area contributed by atoms with Gasteiger partial charge in [0.15, 0.2) is 5.76 Å². The minimum absolute atomic E-state index is 0.137. The van der Waals surface area contributed by atoms with Crippen molar-refractivity contribution in [2.24, 2.45) is 0 Å². The number of benzene rings is 1. The summed E-state index contributed by atoms with van der Waals surface area (Å²) in [6.07, 6.45) is 4.60. The molecule has 6 heteroatoms. The molecule has 0 aliphatic heterocycles. The van der Waals surface area contributed by atoms with Gasteiger partial charge in [0.1, 0.15) is 5.82 Å². The van der Waals surface area contributed by atoms with Gasteiger partial charge in [-0.15, -0.1) is 0 Å². The number of anilines is 1. The first-order valence-corrected chi connectivity index (χ1v) is 7.63. The predicted octanol–water partition coefficient (Wildman–Crippen LogP) is 3.55. The van der Waals surface area contributed by atoms with Crippen LogP contribution >= 0.6 is 0 Å². The van der Waals surface area contributed by atoms with Gasteiger partial charge in [0.05, 0.1) is 16.7 Å². The first-order valence-electron chi connectivity index (χ1n) is 7.63. The smallest absolute Gasteiger partial charge is 0.236 e. The van der Waals surface area contributed by atoms with Crippen molar-refractivity contribution in [1.82, 2.24) is 10.1 Å². The van der Waals surface area contributed by atoms with Crippen molar-refractivity contribution in [1.29, 1.82) is 0 Å². The number of halogens is 1. The molecular formula is C18H14FN3O2. The molecule has 0 atom stereocenters. The van der Waals surface area contributed by atoms with Crippen LogP contribution in [-0.4, -0.2) is 16.0 Å². The monoisotopic (exact) mass is 323 g/mol. The fourth-order valence-corrected chi connectivity index (χ4v) is 2.70. The third kappa shape index (κ3) is 2.46. The lowest BCUT2D eigenvalue weighted by atomic mass is 10.00. The van der Waals surface area contributed by atoms with Gasteiger partial charge in [0.25, 0.3) is 0 Å². The van der Waals surface area contributed by atoms with E-state index in [4.69, 9.17) is 4.52 Å². The van der Waals surface area contributed by atoms with Crippen LogP contribution in [0.25, 0.3) is 11.3 Å². The van der Waals surface area contributed by atoms with Crippen LogP contribution in [0.2, 0.25) is 0 Å². The number of carbonyl (C=O) groups excluding carboxylic acids is 1. The Morgan fingerprint density at radius 2 is 1.92 bits per heavy atom. The molecule has 1 aliphatic carbocycles. The number of pyridine rings is 1. The largest absolute Gasteiger partial charge is 0.356 e. The molecule has 2 heterocycles. The number of hydrogen-bond acceptors (Lipinski definition) is 4. The molecule has 1 aromatic carbocycles. The van der Waals surface area contributed by atoms with Crippen LogP contribution in [0.4, 0.5) is 10.1 Å². The second-order valence-corrected chi connectivity index (χ2v) is 5.83. The molecule has 4 rings (SSSR count). The van der Waals surface area contributed by atoms with Gasteiger partial charge >= 0.3 is 0 Å². The fraction of sp³-hybridized carbons (Fsp3) is 0.167. The van der Waals surface area contributed by atoms with Crippen molar-refractivity contribution in [3.8, 4) is 11.3 Å². The van der Waals surface area contributed by atoms with Gasteiger partial charge in [-0.3, -0.25) is 9.78 Å². The number of rotatable bonds is 4. The van der Waals surface area contributed by atoms with Gasteiger partial charge in [0, 0.05) is 24.1 Å². The summed E-state index contributed by atoms with van der Waals surface area (Å²) in [6.45, 7) is 0. The zero-order chi connectivity index (χ0) is 16.6. The van der Waals surface area contributed by atoms with Crippen LogP contribution in [0.1, 0.15) is 18.5 Å². The molecule has 0 unspecified atom stereocenters. The van der Waals surface area contributed by atoms with Crippen molar-refractivity contribution < 1.29 is 13.7 Å². The molecule has 1 saturated carbocycles. The number of aromatic nitrogens is 2. The molecule has 5 nitrogen and oxygen atoms in total. The van der Waals surface area contributed by atoms with E-state index in [0.29, 0.717) is 35.5 Å². The Morgan fingerprint density at radius 1 is 1.17 bits per heavy atom. The number of carbonyl (C=O) groups is 1. The molecule has 1 N–H and O–H groups in total. The Kier molecular flexibility index (Phi) is 3.37. The van der Waals surface area contributed by atoms with E-state index in [1.807, 2.05) is 0 Å². The normalized spacial score (nSPS) is 15.0. The van der Waals surface area contributed by atoms with Crippen molar-refractivity contribution in [2.45, 2.75) is 18.3 Å². The van der Waals surface area contributed by atoms with Crippen LogP contribution in [0.5, 0.6) is 0 Å². The summed E-state index contributed by atoms with van der Waals surface area (Å²) in [5, 5.41) is 6.88. The Bertz CT molecular complexity index is 888. The molecule has 1 amide bonds. The van der Waals surface area contributed by atoms with E-state index in [1.165, 1.54) is 6.07 Å². The quantitative estimate of drug-likeness (QED) is 0.797. The van der Waals surface area contributed by atoms with E-state index >= 15 is 0 Å². The molecule has 0 radical (unpaired) electrons. The summed E-state index contributed by atoms with van der Waals surface area (Å²) >= 11 is 0. The van der Waals surface area contributed by atoms with Crippen LogP contribution in [0.3, 0.4) is 0 Å². The lowest BCUT2D eigenvalue weighted by Gasteiger charge is -2.12. The average Bonchev–Trinajstić information content (AvgIpc) is 3.27. The van der Waals surface area contributed by atoms with Crippen LogP contribution in [0, 0.1) is 5.82 Å². The summed E-state index contributed by atoms with van der Waals surface area (Å²) in [7, 11) is 0. The predicted molar refractivity (Wildman–Crippen MR) is 85.7 cm³/mol. The minimum Gasteiger partial charge on any atom is -0.356 e. The van der Waals surface area contributed by atoms with Gasteiger partial charge in [0.2, 0.25) is 5.91 Å². The number of hydrogen-bond donors (Lipinski definition) is 1. The summed E-state index contributed by atoms with van der Waals surface area (Å²) in [4.78, 5) is 16.5. The minimum atomic E-state index is -0.698. The average molecular weight is 323 g/mol. The van der Waals surface area contributed by atoms with E-state index in [1.54, 1.807) is 48.8 Å². The first-order chi connectivity index (χ1) is 11.7. The summed E-state index contributed by atoms with van der Waals surface area (Å²) in [6, 6.07) is 11.4. The molecule has 24 heavy (non-hydrogen) atoms. The van der Waals surface area contributed by atoms with Crippen molar-refractivity contribution >= 4 is 11.6 Å². The number of amides is 1. The maximum atomic E-state index is 13.9. The zero-order valence-electron chi connectivity index (χ0n) is 12.7. The van der Waals surface area contributed by atoms with Gasteiger partial charge in [-0.2, -0.15) is 0 Å². The van der Waals surface area contributed by atoms with E-state index in [2.05, 4.69) is 15.5 Å². The second-order valence-electron chi connectivity index (χ2n) is 5.83. The van der Waals surface area contributed by atoms with Crippen LogP contribution in [0.15, 0.2) is 59.4 Å². The topological polar surface area (TPSA) is 68.0 Å². The molecular weight excluding hydrogens is 309 g/mol. The Balaban J connectivity index is 1.60. The lowest BCUT2D eigenvalue weighted by molar-refractivity contribution is -0.118. The number of nitrogens with zero attached hydrogens (tertiary/aromatic N) is 2. The molecule has 3 aromatic rings. The summed E-state index contributed by atoms with van der Waals surface area (Å²) in [5.41, 5.74) is 0.851. The van der Waals surface area contributed by atoms with Gasteiger partial charge in [-0.25, -0.2) is 4.39 Å². The van der Waals surface area contributed by atoms with E-state index in [0.717, 1.165) is 0 Å². The van der Waals surface area contributed by atoms with Crippen molar-refractivity contribution in [3.63, 3.8) is 0 Å². The van der Waals surface area contributed by atoms with Gasteiger partial charge < -0.3 is 9.84 Å². The Hall–Kier alpha value is -3.02. The maximum Gasteiger partial charge on any atom is 0.236 e. The maximum absolute atomic E-state index is 13.9. The highest BCUT2D eigenvalue weighted by atomic mass is 19.1. The third-order valence-corrected chi connectivity index (χ3v) is 4.26. The zero-order valence-corrected chi connectivity index (χ0v) is 12.7. The van der Waals surface area contributed by atoms with Crippen LogP contribution < -0.4 is 5.32 Å². The highest BCUT2D eigenvalue weighted by Gasteiger charge is 2.53. The summed E-state index contributed by atoms with van der Waals surface area (Å²) < 4.78 is 19.1. The molecule has 2 aromatic heterocycles. The number of nitrogens with one attached hydrogen (secondary N) is 1. The third-order valence-electron chi connectivity index (χ3n) is 4.26. The highest BCUT2D eigenvalue weighted by molar-refractivity contribution is 6.01. The van der Waals surface area contributed by atoms with E-state index in [9.17, 15) is 9.18 Å². The van der Waals surface area contributed by atoms with Gasteiger partial charge in [-0.1, -0.05) is 17.3 Å². The standard InChI is InChI=1S/C18H14FN3O2/c19-14-4-2-1-3-13(14)15-11-16(22-24-15)18(7-8-18)17(23)21-12-5-9-20-10-6-12/h1-6,9-11H,7-8H2,(H,20,21,23). The molecule has 1 aliphatic rings. The molecule has 0 bridgehead atoms. The summed E-state index contributed by atoms with van der Waals surface area (Å²) in [5.74, 6) is -0.195. The molecule has 1 fully saturated rings.